The van der Waals surface area contributed by atoms with Crippen LogP contribution in [-0.2, 0) is 11.3 Å². The van der Waals surface area contributed by atoms with E-state index in [1.165, 1.54) is 0 Å². The standard InChI is InChI=1S/C15H17N3O2.ClH/c19-15(20)13-6-7-17(11-13)9-12-8-16-18(10-12)14-4-2-1-3-5-14;/h1-5,8,10,13H,6-7,9,11H2,(H,19,20);1H. The molecule has 2 aromatic rings. The Morgan fingerprint density at radius 1 is 1.33 bits per heavy atom. The van der Waals surface area contributed by atoms with Gasteiger partial charge in [0.1, 0.15) is 0 Å². The predicted molar refractivity (Wildman–Crippen MR) is 81.8 cm³/mol. The van der Waals surface area contributed by atoms with E-state index in [2.05, 4.69) is 10.00 Å². The van der Waals surface area contributed by atoms with Crippen LogP contribution >= 0.6 is 12.4 Å². The zero-order valence-corrected chi connectivity index (χ0v) is 12.4. The van der Waals surface area contributed by atoms with Crippen LogP contribution < -0.4 is 0 Å². The molecule has 0 amide bonds. The van der Waals surface area contributed by atoms with Gasteiger partial charge in [0.25, 0.3) is 0 Å². The summed E-state index contributed by atoms with van der Waals surface area (Å²) in [6, 6.07) is 9.95. The van der Waals surface area contributed by atoms with Crippen molar-refractivity contribution in [3.63, 3.8) is 0 Å². The van der Waals surface area contributed by atoms with Crippen molar-refractivity contribution in [2.45, 2.75) is 13.0 Å². The molecule has 1 aliphatic rings. The summed E-state index contributed by atoms with van der Waals surface area (Å²) < 4.78 is 1.85. The SMILES string of the molecule is Cl.O=C(O)C1CCN(Cc2cnn(-c3ccccc3)c2)C1. The van der Waals surface area contributed by atoms with E-state index in [1.54, 1.807) is 0 Å². The fraction of sp³-hybridized carbons (Fsp3) is 0.333. The highest BCUT2D eigenvalue weighted by Crippen LogP contribution is 2.19. The Balaban J connectivity index is 0.00000161. The number of carbonyl (C=O) groups is 1. The Labute approximate surface area is 129 Å². The molecule has 6 heteroatoms. The average Bonchev–Trinajstić information content (AvgIpc) is 3.10. The van der Waals surface area contributed by atoms with Crippen molar-refractivity contribution < 1.29 is 9.90 Å². The minimum Gasteiger partial charge on any atom is -0.481 e. The van der Waals surface area contributed by atoms with Crippen LogP contribution in [0.3, 0.4) is 0 Å². The molecule has 1 N–H and O–H groups in total. The van der Waals surface area contributed by atoms with Gasteiger partial charge in [0.05, 0.1) is 17.8 Å². The molecular formula is C15H18ClN3O2. The Kier molecular flexibility index (Phi) is 4.98. The van der Waals surface area contributed by atoms with E-state index in [0.717, 1.165) is 30.8 Å². The molecule has 0 saturated carbocycles. The van der Waals surface area contributed by atoms with Crippen molar-refractivity contribution in [3.8, 4) is 5.69 Å². The van der Waals surface area contributed by atoms with E-state index in [1.807, 2.05) is 47.4 Å². The van der Waals surface area contributed by atoms with Gasteiger partial charge in [0.2, 0.25) is 0 Å². The average molecular weight is 308 g/mol. The Morgan fingerprint density at radius 2 is 2.10 bits per heavy atom. The zero-order valence-electron chi connectivity index (χ0n) is 11.6. The molecule has 21 heavy (non-hydrogen) atoms. The molecule has 0 spiro atoms. The van der Waals surface area contributed by atoms with Crippen molar-refractivity contribution in [2.24, 2.45) is 5.92 Å². The van der Waals surface area contributed by atoms with E-state index in [9.17, 15) is 4.79 Å². The van der Waals surface area contributed by atoms with Crippen LogP contribution in [0.4, 0.5) is 0 Å². The van der Waals surface area contributed by atoms with Crippen LogP contribution in [0.2, 0.25) is 0 Å². The number of aromatic nitrogens is 2. The number of para-hydroxylation sites is 1. The summed E-state index contributed by atoms with van der Waals surface area (Å²) in [5, 5.41) is 13.4. The first kappa shape index (κ1) is 15.5. The number of halogens is 1. The first-order valence-electron chi connectivity index (χ1n) is 6.76. The van der Waals surface area contributed by atoms with E-state index < -0.39 is 5.97 Å². The molecule has 3 rings (SSSR count). The molecule has 1 aliphatic heterocycles. The number of benzene rings is 1. The van der Waals surface area contributed by atoms with Gasteiger partial charge in [0, 0.05) is 24.8 Å². The number of rotatable bonds is 4. The van der Waals surface area contributed by atoms with Crippen LogP contribution in [0.25, 0.3) is 5.69 Å². The van der Waals surface area contributed by atoms with Crippen molar-refractivity contribution in [3.05, 3.63) is 48.3 Å². The van der Waals surface area contributed by atoms with Crippen LogP contribution in [0.1, 0.15) is 12.0 Å². The van der Waals surface area contributed by atoms with Crippen molar-refractivity contribution in [1.29, 1.82) is 0 Å². The molecule has 1 saturated heterocycles. The maximum absolute atomic E-state index is 10.9. The van der Waals surface area contributed by atoms with Crippen molar-refractivity contribution >= 4 is 18.4 Å². The highest BCUT2D eigenvalue weighted by atomic mass is 35.5. The molecule has 0 aliphatic carbocycles. The van der Waals surface area contributed by atoms with Crippen LogP contribution in [-0.4, -0.2) is 38.8 Å². The summed E-state index contributed by atoms with van der Waals surface area (Å²) in [6.45, 7) is 2.23. The van der Waals surface area contributed by atoms with Crippen molar-refractivity contribution in [2.75, 3.05) is 13.1 Å². The Morgan fingerprint density at radius 3 is 2.76 bits per heavy atom. The van der Waals surface area contributed by atoms with E-state index in [0.29, 0.717) is 6.54 Å². The number of likely N-dealkylation sites (tertiary alicyclic amines) is 1. The third-order valence-corrected chi connectivity index (χ3v) is 3.68. The third-order valence-electron chi connectivity index (χ3n) is 3.68. The molecule has 1 unspecified atom stereocenters. The van der Waals surface area contributed by atoms with E-state index in [4.69, 9.17) is 5.11 Å². The molecular weight excluding hydrogens is 290 g/mol. The van der Waals surface area contributed by atoms with Gasteiger partial charge in [-0.3, -0.25) is 9.69 Å². The molecule has 1 aromatic carbocycles. The summed E-state index contributed by atoms with van der Waals surface area (Å²) in [4.78, 5) is 13.1. The monoisotopic (exact) mass is 307 g/mol. The largest absolute Gasteiger partial charge is 0.481 e. The molecule has 1 atom stereocenters. The van der Waals surface area contributed by atoms with Gasteiger partial charge in [-0.15, -0.1) is 12.4 Å². The Bertz CT molecular complexity index is 600. The number of hydrogen-bond donors (Lipinski definition) is 1. The summed E-state index contributed by atoms with van der Waals surface area (Å²) in [5.41, 5.74) is 2.14. The highest BCUT2D eigenvalue weighted by molar-refractivity contribution is 5.85. The number of aliphatic carboxylic acids is 1. The molecule has 1 fully saturated rings. The van der Waals surface area contributed by atoms with Crippen LogP contribution in [0.15, 0.2) is 42.7 Å². The van der Waals surface area contributed by atoms with Crippen LogP contribution in [0, 0.1) is 5.92 Å². The van der Waals surface area contributed by atoms with Gasteiger partial charge < -0.3 is 5.11 Å². The molecule has 112 valence electrons. The lowest BCUT2D eigenvalue weighted by molar-refractivity contribution is -0.141. The normalized spacial score (nSPS) is 18.4. The molecule has 2 heterocycles. The summed E-state index contributed by atoms with van der Waals surface area (Å²) in [6.07, 6.45) is 4.59. The minimum absolute atomic E-state index is 0. The summed E-state index contributed by atoms with van der Waals surface area (Å²) in [7, 11) is 0. The maximum Gasteiger partial charge on any atom is 0.307 e. The minimum atomic E-state index is -0.688. The summed E-state index contributed by atoms with van der Waals surface area (Å²) >= 11 is 0. The quantitative estimate of drug-likeness (QED) is 0.941. The molecule has 1 aromatic heterocycles. The van der Waals surface area contributed by atoms with Gasteiger partial charge >= 0.3 is 5.97 Å². The predicted octanol–water partition coefficient (Wildman–Crippen LogP) is 2.20. The zero-order chi connectivity index (χ0) is 13.9. The van der Waals surface area contributed by atoms with Gasteiger partial charge in [0.15, 0.2) is 0 Å². The first-order chi connectivity index (χ1) is 9.72. The second-order valence-corrected chi connectivity index (χ2v) is 5.19. The van der Waals surface area contributed by atoms with Gasteiger partial charge in [-0.05, 0) is 25.1 Å². The lowest BCUT2D eigenvalue weighted by Crippen LogP contribution is -2.22. The van der Waals surface area contributed by atoms with Crippen molar-refractivity contribution in [1.82, 2.24) is 14.7 Å². The lowest BCUT2D eigenvalue weighted by atomic mass is 10.1. The smallest absolute Gasteiger partial charge is 0.307 e. The van der Waals surface area contributed by atoms with Gasteiger partial charge in [-0.25, -0.2) is 4.68 Å². The molecule has 0 radical (unpaired) electrons. The van der Waals surface area contributed by atoms with E-state index in [-0.39, 0.29) is 18.3 Å². The fourth-order valence-electron chi connectivity index (χ4n) is 2.60. The second kappa shape index (κ2) is 6.74. The van der Waals surface area contributed by atoms with Gasteiger partial charge in [-0.2, -0.15) is 5.10 Å². The Hall–Kier alpha value is -1.85. The van der Waals surface area contributed by atoms with Gasteiger partial charge in [-0.1, -0.05) is 18.2 Å². The highest BCUT2D eigenvalue weighted by Gasteiger charge is 2.27. The lowest BCUT2D eigenvalue weighted by Gasteiger charge is -2.13. The maximum atomic E-state index is 10.9. The topological polar surface area (TPSA) is 58.4 Å². The summed E-state index contributed by atoms with van der Waals surface area (Å²) in [5.74, 6) is -0.911. The fourth-order valence-corrected chi connectivity index (χ4v) is 2.60. The second-order valence-electron chi connectivity index (χ2n) is 5.19. The number of carboxylic acid groups (broad SMARTS) is 1. The molecule has 5 nitrogen and oxygen atoms in total. The molecule has 0 bridgehead atoms. The number of carboxylic acids is 1. The van der Waals surface area contributed by atoms with E-state index >= 15 is 0 Å². The number of nitrogens with zero attached hydrogens (tertiary/aromatic N) is 3. The van der Waals surface area contributed by atoms with Crippen LogP contribution in [0.5, 0.6) is 0 Å². The third kappa shape index (κ3) is 3.62. The first-order valence-corrected chi connectivity index (χ1v) is 6.76. The number of hydrogen-bond acceptors (Lipinski definition) is 3.